The van der Waals surface area contributed by atoms with Crippen molar-refractivity contribution in [1.82, 2.24) is 9.80 Å². The maximum Gasteiger partial charge on any atom is 0.253 e. The molecule has 140 valence electrons. The Morgan fingerprint density at radius 2 is 1.67 bits per heavy atom. The molecule has 0 bridgehead atoms. The molecule has 4 rings (SSSR count). The normalized spacial score (nSPS) is 16.0. The van der Waals surface area contributed by atoms with Gasteiger partial charge in [-0.05, 0) is 41.5 Å². The zero-order valence-corrected chi connectivity index (χ0v) is 15.0. The summed E-state index contributed by atoms with van der Waals surface area (Å²) >= 11 is 0. The molecule has 0 radical (unpaired) electrons. The third-order valence-corrected chi connectivity index (χ3v) is 5.12. The average molecular weight is 368 g/mol. The zero-order chi connectivity index (χ0) is 18.8. The summed E-state index contributed by atoms with van der Waals surface area (Å²) in [4.78, 5) is 28.7. The molecule has 27 heavy (non-hydrogen) atoms. The Labute approximate surface area is 157 Å². The van der Waals surface area contributed by atoms with Crippen LogP contribution in [0.5, 0.6) is 5.75 Å². The van der Waals surface area contributed by atoms with Crippen LogP contribution in [0.4, 0.5) is 4.39 Å². The fourth-order valence-electron chi connectivity index (χ4n) is 3.55. The van der Waals surface area contributed by atoms with E-state index in [1.807, 2.05) is 12.1 Å². The molecular weight excluding hydrogens is 347 g/mol. The Kier molecular flexibility index (Phi) is 4.79. The van der Waals surface area contributed by atoms with Gasteiger partial charge in [-0.1, -0.05) is 12.1 Å². The quantitative estimate of drug-likeness (QED) is 0.835. The minimum atomic E-state index is -0.309. The van der Waals surface area contributed by atoms with Gasteiger partial charge in [0.05, 0.1) is 13.0 Å². The summed E-state index contributed by atoms with van der Waals surface area (Å²) in [5.41, 5.74) is 2.54. The molecule has 1 fully saturated rings. The summed E-state index contributed by atoms with van der Waals surface area (Å²) in [7, 11) is 0. The van der Waals surface area contributed by atoms with Crippen molar-refractivity contribution in [3.05, 3.63) is 65.0 Å². The summed E-state index contributed by atoms with van der Waals surface area (Å²) in [6.45, 7) is 2.73. The van der Waals surface area contributed by atoms with E-state index in [1.54, 1.807) is 28.0 Å². The smallest absolute Gasteiger partial charge is 0.253 e. The number of halogens is 1. The van der Waals surface area contributed by atoms with Gasteiger partial charge in [0.2, 0.25) is 5.91 Å². The van der Waals surface area contributed by atoms with Crippen LogP contribution >= 0.6 is 0 Å². The molecule has 2 heterocycles. The molecule has 0 N–H and O–H groups in total. The number of fused-ring (bicyclic) bond motifs is 1. The van der Waals surface area contributed by atoms with Gasteiger partial charge in [0.25, 0.3) is 5.91 Å². The van der Waals surface area contributed by atoms with Crippen molar-refractivity contribution >= 4 is 11.8 Å². The highest BCUT2D eigenvalue weighted by Gasteiger charge is 2.25. The van der Waals surface area contributed by atoms with Crippen LogP contribution < -0.4 is 4.74 Å². The van der Waals surface area contributed by atoms with E-state index in [9.17, 15) is 14.0 Å². The Morgan fingerprint density at radius 1 is 0.963 bits per heavy atom. The number of rotatable bonds is 3. The van der Waals surface area contributed by atoms with Crippen LogP contribution in [0, 0.1) is 5.82 Å². The minimum absolute atomic E-state index is 0.00314. The van der Waals surface area contributed by atoms with Crippen molar-refractivity contribution in [2.24, 2.45) is 0 Å². The molecule has 5 nitrogen and oxygen atoms in total. The number of hydrogen-bond acceptors (Lipinski definition) is 3. The van der Waals surface area contributed by atoms with Gasteiger partial charge < -0.3 is 14.5 Å². The average Bonchev–Trinajstić information content (AvgIpc) is 3.17. The van der Waals surface area contributed by atoms with Gasteiger partial charge in [0, 0.05) is 38.2 Å². The van der Waals surface area contributed by atoms with Crippen LogP contribution in [0.3, 0.4) is 0 Å². The topological polar surface area (TPSA) is 49.9 Å². The highest BCUT2D eigenvalue weighted by Crippen LogP contribution is 2.26. The first-order valence-corrected chi connectivity index (χ1v) is 9.17. The van der Waals surface area contributed by atoms with E-state index in [0.29, 0.717) is 38.3 Å². The molecule has 0 aliphatic carbocycles. The first kappa shape index (κ1) is 17.5. The molecule has 1 saturated heterocycles. The van der Waals surface area contributed by atoms with Crippen LogP contribution in [0.15, 0.2) is 42.5 Å². The molecule has 2 aliphatic rings. The van der Waals surface area contributed by atoms with E-state index in [0.717, 1.165) is 23.3 Å². The second kappa shape index (κ2) is 7.39. The standard InChI is InChI=1S/C21H21FN2O3/c22-18-4-1-15(2-5-18)13-20(25)23-8-10-24(11-9-23)21(26)17-3-6-19-16(14-17)7-12-27-19/h1-6,14H,7-13H2. The number of nitrogens with zero attached hydrogens (tertiary/aromatic N) is 2. The fourth-order valence-corrected chi connectivity index (χ4v) is 3.55. The van der Waals surface area contributed by atoms with Crippen LogP contribution in [0.2, 0.25) is 0 Å². The Balaban J connectivity index is 1.33. The largest absolute Gasteiger partial charge is 0.493 e. The van der Waals surface area contributed by atoms with E-state index in [4.69, 9.17) is 4.74 Å². The van der Waals surface area contributed by atoms with E-state index < -0.39 is 0 Å². The van der Waals surface area contributed by atoms with Gasteiger partial charge in [-0.25, -0.2) is 4.39 Å². The van der Waals surface area contributed by atoms with Gasteiger partial charge >= 0.3 is 0 Å². The minimum Gasteiger partial charge on any atom is -0.493 e. The van der Waals surface area contributed by atoms with E-state index >= 15 is 0 Å². The van der Waals surface area contributed by atoms with Crippen LogP contribution in [0.1, 0.15) is 21.5 Å². The summed E-state index contributed by atoms with van der Waals surface area (Å²) in [6.07, 6.45) is 1.08. The third kappa shape index (κ3) is 3.79. The van der Waals surface area contributed by atoms with Crippen molar-refractivity contribution in [3.8, 4) is 5.75 Å². The lowest BCUT2D eigenvalue weighted by molar-refractivity contribution is -0.131. The number of hydrogen-bond donors (Lipinski definition) is 0. The Morgan fingerprint density at radius 3 is 2.41 bits per heavy atom. The molecule has 0 unspecified atom stereocenters. The lowest BCUT2D eigenvalue weighted by Crippen LogP contribution is -2.51. The van der Waals surface area contributed by atoms with Crippen molar-refractivity contribution in [3.63, 3.8) is 0 Å². The summed E-state index contributed by atoms with van der Waals surface area (Å²) in [5.74, 6) is 0.554. The van der Waals surface area contributed by atoms with Gasteiger partial charge in [0.15, 0.2) is 0 Å². The SMILES string of the molecule is O=C(Cc1ccc(F)cc1)N1CCN(C(=O)c2ccc3c(c2)CCO3)CC1. The predicted octanol–water partition coefficient (Wildman–Crippen LogP) is 2.29. The van der Waals surface area contributed by atoms with Crippen molar-refractivity contribution < 1.29 is 18.7 Å². The highest BCUT2D eigenvalue weighted by atomic mass is 19.1. The summed E-state index contributed by atoms with van der Waals surface area (Å²) in [5, 5.41) is 0. The van der Waals surface area contributed by atoms with E-state index in [-0.39, 0.29) is 24.1 Å². The van der Waals surface area contributed by atoms with Crippen molar-refractivity contribution in [2.75, 3.05) is 32.8 Å². The predicted molar refractivity (Wildman–Crippen MR) is 98.2 cm³/mol. The summed E-state index contributed by atoms with van der Waals surface area (Å²) in [6, 6.07) is 11.6. The molecule has 0 spiro atoms. The fraction of sp³-hybridized carbons (Fsp3) is 0.333. The molecule has 0 saturated carbocycles. The highest BCUT2D eigenvalue weighted by molar-refractivity contribution is 5.95. The number of piperazine rings is 1. The number of carbonyl (C=O) groups excluding carboxylic acids is 2. The van der Waals surface area contributed by atoms with Crippen LogP contribution in [-0.4, -0.2) is 54.4 Å². The lowest BCUT2D eigenvalue weighted by Gasteiger charge is -2.35. The molecule has 2 aromatic carbocycles. The van der Waals surface area contributed by atoms with Gasteiger partial charge in [-0.15, -0.1) is 0 Å². The first-order chi connectivity index (χ1) is 13.1. The molecular formula is C21H21FN2O3. The van der Waals surface area contributed by atoms with Crippen molar-refractivity contribution in [1.29, 1.82) is 0 Å². The maximum atomic E-state index is 13.0. The van der Waals surface area contributed by atoms with Gasteiger partial charge in [0.1, 0.15) is 11.6 Å². The zero-order valence-electron chi connectivity index (χ0n) is 15.0. The number of benzene rings is 2. The number of amides is 2. The molecule has 2 aliphatic heterocycles. The van der Waals surface area contributed by atoms with Crippen LogP contribution in [0.25, 0.3) is 0 Å². The molecule has 0 aromatic heterocycles. The van der Waals surface area contributed by atoms with E-state index in [2.05, 4.69) is 0 Å². The number of carbonyl (C=O) groups is 2. The van der Waals surface area contributed by atoms with Gasteiger partial charge in [-0.2, -0.15) is 0 Å². The Hall–Kier alpha value is -2.89. The first-order valence-electron chi connectivity index (χ1n) is 9.17. The molecule has 6 heteroatoms. The lowest BCUT2D eigenvalue weighted by atomic mass is 10.1. The second-order valence-corrected chi connectivity index (χ2v) is 6.90. The molecule has 2 amide bonds. The Bertz CT molecular complexity index is 858. The maximum absolute atomic E-state index is 13.0. The summed E-state index contributed by atoms with van der Waals surface area (Å²) < 4.78 is 18.5. The van der Waals surface area contributed by atoms with Crippen molar-refractivity contribution in [2.45, 2.75) is 12.8 Å². The third-order valence-electron chi connectivity index (χ3n) is 5.12. The monoisotopic (exact) mass is 368 g/mol. The van der Waals surface area contributed by atoms with E-state index in [1.165, 1.54) is 12.1 Å². The molecule has 0 atom stereocenters. The molecule has 2 aromatic rings. The second-order valence-electron chi connectivity index (χ2n) is 6.90. The number of ether oxygens (including phenoxy) is 1. The van der Waals surface area contributed by atoms with Crippen LogP contribution in [-0.2, 0) is 17.6 Å². The van der Waals surface area contributed by atoms with Gasteiger partial charge in [-0.3, -0.25) is 9.59 Å².